The van der Waals surface area contributed by atoms with E-state index in [4.69, 9.17) is 10.00 Å². The molecule has 0 aliphatic heterocycles. The van der Waals surface area contributed by atoms with Gasteiger partial charge in [0, 0.05) is 6.07 Å². The first-order valence-corrected chi connectivity index (χ1v) is 3.19. The quantitative estimate of drug-likeness (QED) is 0.602. The van der Waals surface area contributed by atoms with Gasteiger partial charge in [0.15, 0.2) is 0 Å². The minimum atomic E-state index is 0.391. The Hall–Kier alpha value is -1.56. The lowest BCUT2D eigenvalue weighted by molar-refractivity contribution is 0.397. The van der Waals surface area contributed by atoms with E-state index in [1.54, 1.807) is 12.1 Å². The Morgan fingerprint density at radius 3 is 2.82 bits per heavy atom. The van der Waals surface area contributed by atoms with Crippen LogP contribution in [0.2, 0.25) is 0 Å². The maximum atomic E-state index is 8.51. The molecule has 0 fully saturated rings. The summed E-state index contributed by atoms with van der Waals surface area (Å²) >= 11 is 0. The van der Waals surface area contributed by atoms with E-state index in [1.165, 1.54) is 7.11 Å². The van der Waals surface area contributed by atoms with Crippen molar-refractivity contribution in [3.8, 4) is 11.9 Å². The van der Waals surface area contributed by atoms with Crippen molar-refractivity contribution in [2.75, 3.05) is 7.11 Å². The van der Waals surface area contributed by atoms with Crippen LogP contribution in [0, 0.1) is 18.3 Å². The van der Waals surface area contributed by atoms with Crippen LogP contribution >= 0.6 is 0 Å². The maximum Gasteiger partial charge on any atom is 0.214 e. The minimum absolute atomic E-state index is 0.391. The van der Waals surface area contributed by atoms with Crippen molar-refractivity contribution in [2.24, 2.45) is 0 Å². The van der Waals surface area contributed by atoms with Gasteiger partial charge in [0.05, 0.1) is 7.11 Å². The van der Waals surface area contributed by atoms with Crippen molar-refractivity contribution in [1.29, 1.82) is 5.26 Å². The summed E-state index contributed by atoms with van der Waals surface area (Å²) in [6.45, 7) is 1.89. The molecule has 1 aromatic heterocycles. The second kappa shape index (κ2) is 3.02. The molecule has 56 valence electrons. The van der Waals surface area contributed by atoms with E-state index in [0.717, 1.165) is 5.56 Å². The third-order valence-corrected chi connectivity index (χ3v) is 1.27. The molecular weight excluding hydrogens is 140 g/mol. The average molecular weight is 148 g/mol. The molecule has 0 aromatic carbocycles. The maximum absolute atomic E-state index is 8.51. The van der Waals surface area contributed by atoms with Gasteiger partial charge in [0.2, 0.25) is 5.88 Å². The Labute approximate surface area is 65.3 Å². The molecule has 0 amide bonds. The van der Waals surface area contributed by atoms with Crippen LogP contribution in [0.1, 0.15) is 11.3 Å². The molecule has 0 bridgehead atoms. The van der Waals surface area contributed by atoms with Gasteiger partial charge >= 0.3 is 0 Å². The SMILES string of the molecule is COc1cc(C)cc(C#N)n1. The molecule has 0 aliphatic rings. The second-order valence-electron chi connectivity index (χ2n) is 2.18. The summed E-state index contributed by atoms with van der Waals surface area (Å²) in [7, 11) is 1.53. The highest BCUT2D eigenvalue weighted by atomic mass is 16.5. The highest BCUT2D eigenvalue weighted by Gasteiger charge is 1.97. The topological polar surface area (TPSA) is 45.9 Å². The van der Waals surface area contributed by atoms with Crippen LogP contribution in [0.3, 0.4) is 0 Å². The van der Waals surface area contributed by atoms with Crippen molar-refractivity contribution in [3.63, 3.8) is 0 Å². The van der Waals surface area contributed by atoms with E-state index in [9.17, 15) is 0 Å². The van der Waals surface area contributed by atoms with E-state index < -0.39 is 0 Å². The predicted octanol–water partition coefficient (Wildman–Crippen LogP) is 1.27. The van der Waals surface area contributed by atoms with E-state index in [1.807, 2.05) is 13.0 Å². The first-order valence-electron chi connectivity index (χ1n) is 3.19. The lowest BCUT2D eigenvalue weighted by Gasteiger charge is -1.99. The van der Waals surface area contributed by atoms with Crippen LogP contribution in [0.25, 0.3) is 0 Å². The Balaban J connectivity index is 3.15. The molecule has 1 rings (SSSR count). The fourth-order valence-electron chi connectivity index (χ4n) is 0.797. The molecule has 0 radical (unpaired) electrons. The number of hydrogen-bond donors (Lipinski definition) is 0. The van der Waals surface area contributed by atoms with Crippen LogP contribution in [0.5, 0.6) is 5.88 Å². The number of nitrogens with zero attached hydrogens (tertiary/aromatic N) is 2. The van der Waals surface area contributed by atoms with Gasteiger partial charge in [-0.2, -0.15) is 5.26 Å². The fourth-order valence-corrected chi connectivity index (χ4v) is 0.797. The molecule has 0 spiro atoms. The molecule has 0 unspecified atom stereocenters. The number of ether oxygens (including phenoxy) is 1. The summed E-state index contributed by atoms with van der Waals surface area (Å²) < 4.78 is 4.88. The number of aromatic nitrogens is 1. The van der Waals surface area contributed by atoms with Gasteiger partial charge in [0.25, 0.3) is 0 Å². The molecule has 0 atom stereocenters. The monoisotopic (exact) mass is 148 g/mol. The molecule has 3 heteroatoms. The zero-order chi connectivity index (χ0) is 8.27. The van der Waals surface area contributed by atoms with Gasteiger partial charge in [-0.3, -0.25) is 0 Å². The summed E-state index contributed by atoms with van der Waals surface area (Å²) in [6.07, 6.45) is 0. The summed E-state index contributed by atoms with van der Waals surface area (Å²) in [5.41, 5.74) is 1.37. The standard InChI is InChI=1S/C8H8N2O/c1-6-3-7(5-9)10-8(4-6)11-2/h3-4H,1-2H3. The van der Waals surface area contributed by atoms with Crippen LogP contribution in [-0.2, 0) is 0 Å². The van der Waals surface area contributed by atoms with E-state index in [2.05, 4.69) is 4.98 Å². The van der Waals surface area contributed by atoms with E-state index >= 15 is 0 Å². The zero-order valence-electron chi connectivity index (χ0n) is 6.46. The lowest BCUT2D eigenvalue weighted by atomic mass is 10.2. The van der Waals surface area contributed by atoms with Crippen LogP contribution in [-0.4, -0.2) is 12.1 Å². The number of aryl methyl sites for hydroxylation is 1. The largest absolute Gasteiger partial charge is 0.481 e. The first kappa shape index (κ1) is 7.55. The van der Waals surface area contributed by atoms with Gasteiger partial charge in [-0.1, -0.05) is 0 Å². The lowest BCUT2D eigenvalue weighted by Crippen LogP contribution is -1.91. The third-order valence-electron chi connectivity index (χ3n) is 1.27. The summed E-state index contributed by atoms with van der Waals surface area (Å²) in [5.74, 6) is 0.488. The van der Waals surface area contributed by atoms with Crippen molar-refractivity contribution in [2.45, 2.75) is 6.92 Å². The zero-order valence-corrected chi connectivity index (χ0v) is 6.46. The van der Waals surface area contributed by atoms with Gasteiger partial charge in [-0.05, 0) is 18.6 Å². The van der Waals surface area contributed by atoms with Crippen LogP contribution in [0.4, 0.5) is 0 Å². The van der Waals surface area contributed by atoms with Crippen molar-refractivity contribution < 1.29 is 4.74 Å². The normalized spacial score (nSPS) is 8.82. The summed E-state index contributed by atoms with van der Waals surface area (Å²) in [6, 6.07) is 5.44. The van der Waals surface area contributed by atoms with E-state index in [0.29, 0.717) is 11.6 Å². The van der Waals surface area contributed by atoms with Gasteiger partial charge < -0.3 is 4.74 Å². The Kier molecular flexibility index (Phi) is 2.07. The van der Waals surface area contributed by atoms with Crippen molar-refractivity contribution >= 4 is 0 Å². The highest BCUT2D eigenvalue weighted by molar-refractivity contribution is 5.30. The van der Waals surface area contributed by atoms with Crippen molar-refractivity contribution in [3.05, 3.63) is 23.4 Å². The Bertz CT molecular complexity index is 301. The van der Waals surface area contributed by atoms with Gasteiger partial charge in [0.1, 0.15) is 11.8 Å². The molecule has 1 aromatic rings. The predicted molar refractivity (Wildman–Crippen MR) is 40.2 cm³/mol. The Morgan fingerprint density at radius 2 is 2.27 bits per heavy atom. The number of hydrogen-bond acceptors (Lipinski definition) is 3. The van der Waals surface area contributed by atoms with Gasteiger partial charge in [-0.25, -0.2) is 4.98 Å². The number of methoxy groups -OCH3 is 1. The fraction of sp³-hybridized carbons (Fsp3) is 0.250. The highest BCUT2D eigenvalue weighted by Crippen LogP contribution is 2.09. The minimum Gasteiger partial charge on any atom is -0.481 e. The Morgan fingerprint density at radius 1 is 1.55 bits per heavy atom. The number of pyridine rings is 1. The van der Waals surface area contributed by atoms with Gasteiger partial charge in [-0.15, -0.1) is 0 Å². The van der Waals surface area contributed by atoms with Crippen LogP contribution < -0.4 is 4.74 Å². The molecule has 0 N–H and O–H groups in total. The van der Waals surface area contributed by atoms with Crippen LogP contribution in [0.15, 0.2) is 12.1 Å². The van der Waals surface area contributed by atoms with E-state index in [-0.39, 0.29) is 0 Å². The van der Waals surface area contributed by atoms with Crippen molar-refractivity contribution in [1.82, 2.24) is 4.98 Å². The second-order valence-corrected chi connectivity index (χ2v) is 2.18. The summed E-state index contributed by atoms with van der Waals surface area (Å²) in [5, 5.41) is 8.51. The first-order chi connectivity index (χ1) is 5.26. The smallest absolute Gasteiger partial charge is 0.214 e. The molecular formula is C8H8N2O. The summed E-state index contributed by atoms with van der Waals surface area (Å²) in [4.78, 5) is 3.89. The number of nitriles is 1. The molecule has 0 saturated heterocycles. The molecule has 0 saturated carbocycles. The molecule has 0 aliphatic carbocycles. The average Bonchev–Trinajstić information content (AvgIpc) is 2.03. The molecule has 3 nitrogen and oxygen atoms in total. The molecule has 1 heterocycles. The molecule has 11 heavy (non-hydrogen) atoms. The number of rotatable bonds is 1. The third kappa shape index (κ3) is 1.68.